The van der Waals surface area contributed by atoms with Crippen LogP contribution in [0.25, 0.3) is 0 Å². The zero-order valence-corrected chi connectivity index (χ0v) is 9.67. The van der Waals surface area contributed by atoms with E-state index in [-0.39, 0.29) is 24.1 Å². The molecule has 1 heterocycles. The monoisotopic (exact) mass is 261 g/mol. The predicted molar refractivity (Wildman–Crippen MR) is 60.3 cm³/mol. The van der Waals surface area contributed by atoms with Gasteiger partial charge in [0.05, 0.1) is 11.7 Å². The average Bonchev–Trinajstić information content (AvgIpc) is 2.77. The number of alkyl halides is 3. The summed E-state index contributed by atoms with van der Waals surface area (Å²) in [5, 5.41) is 0. The molecule has 1 saturated heterocycles. The Labute approximate surface area is 103 Å². The molecule has 0 amide bonds. The van der Waals surface area contributed by atoms with Crippen LogP contribution in [0.4, 0.5) is 18.9 Å². The van der Waals surface area contributed by atoms with E-state index in [4.69, 9.17) is 15.2 Å². The highest BCUT2D eigenvalue weighted by Crippen LogP contribution is 2.33. The summed E-state index contributed by atoms with van der Waals surface area (Å²) >= 11 is 0. The molecule has 0 radical (unpaired) electrons. The minimum absolute atomic E-state index is 0.0344. The van der Waals surface area contributed by atoms with Crippen molar-refractivity contribution in [1.82, 2.24) is 0 Å². The van der Waals surface area contributed by atoms with Crippen molar-refractivity contribution in [3.8, 4) is 5.75 Å². The molecular formula is C12H14F3NO2. The third-order valence-corrected chi connectivity index (χ3v) is 2.72. The first-order chi connectivity index (χ1) is 8.45. The Hall–Kier alpha value is -1.43. The molecule has 0 aliphatic carbocycles. The fourth-order valence-corrected chi connectivity index (χ4v) is 1.83. The number of hydrogen-bond acceptors (Lipinski definition) is 3. The second kappa shape index (κ2) is 5.06. The molecule has 2 N–H and O–H groups in total. The summed E-state index contributed by atoms with van der Waals surface area (Å²) in [6.07, 6.45) is -2.63. The van der Waals surface area contributed by atoms with Gasteiger partial charge in [-0.25, -0.2) is 0 Å². The van der Waals surface area contributed by atoms with E-state index in [1.54, 1.807) is 0 Å². The highest BCUT2D eigenvalue weighted by atomic mass is 19.4. The van der Waals surface area contributed by atoms with Crippen LogP contribution in [-0.4, -0.2) is 19.3 Å². The van der Waals surface area contributed by atoms with E-state index in [9.17, 15) is 13.2 Å². The first-order valence-electron chi connectivity index (χ1n) is 5.67. The first-order valence-corrected chi connectivity index (χ1v) is 5.67. The minimum Gasteiger partial charge on any atom is -0.491 e. The van der Waals surface area contributed by atoms with Crippen LogP contribution in [-0.2, 0) is 10.9 Å². The lowest BCUT2D eigenvalue weighted by atomic mass is 10.2. The van der Waals surface area contributed by atoms with E-state index in [0.717, 1.165) is 25.0 Å². The van der Waals surface area contributed by atoms with Gasteiger partial charge in [-0.2, -0.15) is 13.2 Å². The van der Waals surface area contributed by atoms with Gasteiger partial charge in [-0.15, -0.1) is 0 Å². The van der Waals surface area contributed by atoms with Crippen LogP contribution < -0.4 is 10.5 Å². The van der Waals surface area contributed by atoms with Crippen LogP contribution in [0.2, 0.25) is 0 Å². The molecule has 0 bridgehead atoms. The molecule has 2 rings (SSSR count). The van der Waals surface area contributed by atoms with Crippen LogP contribution in [0.3, 0.4) is 0 Å². The second-order valence-electron chi connectivity index (χ2n) is 4.23. The Morgan fingerprint density at radius 1 is 1.33 bits per heavy atom. The predicted octanol–water partition coefficient (Wildman–Crippen LogP) is 2.85. The number of ether oxygens (including phenoxy) is 2. The number of nitrogens with two attached hydrogens (primary N) is 1. The highest BCUT2D eigenvalue weighted by Gasteiger charge is 2.31. The van der Waals surface area contributed by atoms with Crippen molar-refractivity contribution in [3.63, 3.8) is 0 Å². The van der Waals surface area contributed by atoms with Gasteiger partial charge in [0.25, 0.3) is 0 Å². The second-order valence-corrected chi connectivity index (χ2v) is 4.23. The Morgan fingerprint density at radius 3 is 2.72 bits per heavy atom. The molecule has 1 aliphatic heterocycles. The highest BCUT2D eigenvalue weighted by molar-refractivity contribution is 5.48. The molecule has 1 aromatic carbocycles. The maximum atomic E-state index is 12.6. The number of rotatable bonds is 3. The summed E-state index contributed by atoms with van der Waals surface area (Å²) in [5.74, 6) is 0.123. The summed E-state index contributed by atoms with van der Waals surface area (Å²) in [6, 6.07) is 3.22. The molecule has 100 valence electrons. The summed E-state index contributed by atoms with van der Waals surface area (Å²) in [6.45, 7) is 0.930. The van der Waals surface area contributed by atoms with E-state index >= 15 is 0 Å². The molecule has 0 aromatic heterocycles. The standard InChI is InChI=1S/C12H14F3NO2/c13-12(14,15)8-4-9(16)6-11(5-8)18-7-10-2-1-3-17-10/h4-6,10H,1-3,7,16H2. The molecule has 6 heteroatoms. The molecular weight excluding hydrogens is 247 g/mol. The largest absolute Gasteiger partial charge is 0.491 e. The molecule has 1 fully saturated rings. The lowest BCUT2D eigenvalue weighted by Crippen LogP contribution is -2.16. The van der Waals surface area contributed by atoms with E-state index in [1.807, 2.05) is 0 Å². The number of nitrogen functional groups attached to an aromatic ring is 1. The summed E-state index contributed by atoms with van der Waals surface area (Å²) in [4.78, 5) is 0. The Balaban J connectivity index is 2.05. The average molecular weight is 261 g/mol. The molecule has 0 saturated carbocycles. The molecule has 1 atom stereocenters. The molecule has 0 spiro atoms. The van der Waals surface area contributed by atoms with Gasteiger partial charge in [0.15, 0.2) is 0 Å². The van der Waals surface area contributed by atoms with Gasteiger partial charge in [-0.3, -0.25) is 0 Å². The maximum Gasteiger partial charge on any atom is 0.416 e. The van der Waals surface area contributed by atoms with Gasteiger partial charge in [-0.1, -0.05) is 0 Å². The lowest BCUT2D eigenvalue weighted by Gasteiger charge is -2.14. The Bertz CT molecular complexity index is 414. The number of anilines is 1. The molecule has 1 aliphatic rings. The summed E-state index contributed by atoms with van der Waals surface area (Å²) in [7, 11) is 0. The summed E-state index contributed by atoms with van der Waals surface area (Å²) in [5.41, 5.74) is 4.66. The molecule has 18 heavy (non-hydrogen) atoms. The Morgan fingerprint density at radius 2 is 2.11 bits per heavy atom. The lowest BCUT2D eigenvalue weighted by molar-refractivity contribution is -0.137. The first kappa shape index (κ1) is 13.0. The molecule has 1 aromatic rings. The van der Waals surface area contributed by atoms with Gasteiger partial charge in [-0.05, 0) is 25.0 Å². The van der Waals surface area contributed by atoms with Crippen LogP contribution in [0, 0.1) is 0 Å². The number of benzene rings is 1. The quantitative estimate of drug-likeness (QED) is 0.851. The van der Waals surface area contributed by atoms with Crippen molar-refractivity contribution in [2.24, 2.45) is 0 Å². The van der Waals surface area contributed by atoms with E-state index < -0.39 is 11.7 Å². The fourth-order valence-electron chi connectivity index (χ4n) is 1.83. The third kappa shape index (κ3) is 3.29. The van der Waals surface area contributed by atoms with Gasteiger partial charge in [0, 0.05) is 18.4 Å². The van der Waals surface area contributed by atoms with E-state index in [2.05, 4.69) is 0 Å². The number of halogens is 3. The fraction of sp³-hybridized carbons (Fsp3) is 0.500. The molecule has 1 unspecified atom stereocenters. The van der Waals surface area contributed by atoms with Gasteiger partial charge >= 0.3 is 6.18 Å². The normalized spacial score (nSPS) is 20.1. The van der Waals surface area contributed by atoms with Crippen molar-refractivity contribution >= 4 is 5.69 Å². The SMILES string of the molecule is Nc1cc(OCC2CCCO2)cc(C(F)(F)F)c1. The van der Waals surface area contributed by atoms with Crippen molar-refractivity contribution < 1.29 is 22.6 Å². The topological polar surface area (TPSA) is 44.5 Å². The van der Waals surface area contributed by atoms with Gasteiger partial charge < -0.3 is 15.2 Å². The zero-order chi connectivity index (χ0) is 13.2. The molecule has 3 nitrogen and oxygen atoms in total. The smallest absolute Gasteiger partial charge is 0.416 e. The van der Waals surface area contributed by atoms with Crippen LogP contribution in [0.1, 0.15) is 18.4 Å². The zero-order valence-electron chi connectivity index (χ0n) is 9.67. The maximum absolute atomic E-state index is 12.6. The van der Waals surface area contributed by atoms with Crippen LogP contribution >= 0.6 is 0 Å². The van der Waals surface area contributed by atoms with Gasteiger partial charge in [0.2, 0.25) is 0 Å². The van der Waals surface area contributed by atoms with Crippen molar-refractivity contribution in [2.45, 2.75) is 25.1 Å². The van der Waals surface area contributed by atoms with Crippen molar-refractivity contribution in [2.75, 3.05) is 18.9 Å². The van der Waals surface area contributed by atoms with Crippen molar-refractivity contribution in [3.05, 3.63) is 23.8 Å². The van der Waals surface area contributed by atoms with E-state index in [1.165, 1.54) is 6.07 Å². The van der Waals surface area contributed by atoms with Crippen molar-refractivity contribution in [1.29, 1.82) is 0 Å². The van der Waals surface area contributed by atoms with Gasteiger partial charge in [0.1, 0.15) is 12.4 Å². The third-order valence-electron chi connectivity index (χ3n) is 2.72. The van der Waals surface area contributed by atoms with Crippen LogP contribution in [0.5, 0.6) is 5.75 Å². The van der Waals surface area contributed by atoms with Crippen LogP contribution in [0.15, 0.2) is 18.2 Å². The Kier molecular flexibility index (Phi) is 3.65. The summed E-state index contributed by atoms with van der Waals surface area (Å²) < 4.78 is 48.3. The number of hydrogen-bond donors (Lipinski definition) is 1. The van der Waals surface area contributed by atoms with E-state index in [0.29, 0.717) is 6.61 Å². The minimum atomic E-state index is -4.42.